The molecule has 1 amide bonds. The predicted octanol–water partition coefficient (Wildman–Crippen LogP) is 2.95. The molecule has 0 saturated carbocycles. The van der Waals surface area contributed by atoms with Gasteiger partial charge in [0.2, 0.25) is 0 Å². The molecule has 21 heavy (non-hydrogen) atoms. The van der Waals surface area contributed by atoms with Crippen molar-refractivity contribution in [3.63, 3.8) is 0 Å². The Hall–Kier alpha value is -1.98. The lowest BCUT2D eigenvalue weighted by molar-refractivity contribution is -0.144. The Kier molecular flexibility index (Phi) is 4.55. The van der Waals surface area contributed by atoms with Crippen molar-refractivity contribution >= 4 is 11.9 Å². The molecule has 4 nitrogen and oxygen atoms in total. The van der Waals surface area contributed by atoms with Gasteiger partial charge in [0.15, 0.2) is 0 Å². The van der Waals surface area contributed by atoms with Crippen LogP contribution < -0.4 is 0 Å². The standard InChI is InChI=1S/C15H17F2NO3/c1-9-5-6-18(12(7-9)15(20)21)14(19)11-4-2-3-10(8-11)13(16)17/h2-4,8-9,12-13H,5-7H2,1H3,(H,20,21). The second kappa shape index (κ2) is 6.20. The number of carboxylic acid groups (broad SMARTS) is 1. The van der Waals surface area contributed by atoms with Gasteiger partial charge in [0.1, 0.15) is 6.04 Å². The molecule has 1 aromatic rings. The molecule has 0 spiro atoms. The van der Waals surface area contributed by atoms with Gasteiger partial charge in [-0.25, -0.2) is 13.6 Å². The van der Waals surface area contributed by atoms with Gasteiger partial charge >= 0.3 is 5.97 Å². The van der Waals surface area contributed by atoms with Crippen molar-refractivity contribution in [2.45, 2.75) is 32.2 Å². The lowest BCUT2D eigenvalue weighted by atomic mass is 9.91. The number of likely N-dealkylation sites (tertiary alicyclic amines) is 1. The first-order chi connectivity index (χ1) is 9.90. The van der Waals surface area contributed by atoms with Crippen LogP contribution in [0, 0.1) is 5.92 Å². The Morgan fingerprint density at radius 3 is 2.71 bits per heavy atom. The molecule has 0 aliphatic carbocycles. The Labute approximate surface area is 121 Å². The first-order valence-electron chi connectivity index (χ1n) is 6.82. The quantitative estimate of drug-likeness (QED) is 0.933. The number of halogens is 2. The number of aliphatic carboxylic acids is 1. The predicted molar refractivity (Wildman–Crippen MR) is 72.3 cm³/mol. The third kappa shape index (κ3) is 3.37. The van der Waals surface area contributed by atoms with Gasteiger partial charge in [-0.2, -0.15) is 0 Å². The van der Waals surface area contributed by atoms with E-state index in [1.807, 2.05) is 6.92 Å². The van der Waals surface area contributed by atoms with Crippen LogP contribution in [0.4, 0.5) is 8.78 Å². The van der Waals surface area contributed by atoms with Gasteiger partial charge in [0.25, 0.3) is 12.3 Å². The highest BCUT2D eigenvalue weighted by atomic mass is 19.3. The average Bonchev–Trinajstić information content (AvgIpc) is 2.46. The van der Waals surface area contributed by atoms with Crippen molar-refractivity contribution in [1.82, 2.24) is 4.90 Å². The summed E-state index contributed by atoms with van der Waals surface area (Å²) in [5.41, 5.74) is -0.133. The van der Waals surface area contributed by atoms with E-state index in [0.717, 1.165) is 6.07 Å². The summed E-state index contributed by atoms with van der Waals surface area (Å²) in [5.74, 6) is -1.33. The molecule has 1 heterocycles. The molecule has 0 bridgehead atoms. The smallest absolute Gasteiger partial charge is 0.326 e. The highest BCUT2D eigenvalue weighted by Gasteiger charge is 2.35. The molecule has 0 aromatic heterocycles. The number of piperidine rings is 1. The van der Waals surface area contributed by atoms with Crippen molar-refractivity contribution in [2.24, 2.45) is 5.92 Å². The van der Waals surface area contributed by atoms with Crippen LogP contribution in [0.1, 0.15) is 42.1 Å². The molecule has 1 aliphatic heterocycles. The lowest BCUT2D eigenvalue weighted by Crippen LogP contribution is -2.49. The minimum absolute atomic E-state index is 0.105. The summed E-state index contributed by atoms with van der Waals surface area (Å²) in [6.07, 6.45) is -1.56. The average molecular weight is 297 g/mol. The van der Waals surface area contributed by atoms with Gasteiger partial charge in [-0.3, -0.25) is 4.79 Å². The number of rotatable bonds is 3. The molecule has 1 aromatic carbocycles. The van der Waals surface area contributed by atoms with Crippen LogP contribution in [-0.2, 0) is 4.79 Å². The first kappa shape index (κ1) is 15.4. The summed E-state index contributed by atoms with van der Waals surface area (Å²) < 4.78 is 25.4. The molecule has 1 saturated heterocycles. The number of amides is 1. The number of carbonyl (C=O) groups is 2. The topological polar surface area (TPSA) is 57.6 Å². The molecule has 1 N–H and O–H groups in total. The zero-order valence-corrected chi connectivity index (χ0v) is 11.6. The third-order valence-corrected chi connectivity index (χ3v) is 3.80. The lowest BCUT2D eigenvalue weighted by Gasteiger charge is -2.36. The maximum Gasteiger partial charge on any atom is 0.326 e. The van der Waals surface area contributed by atoms with Crippen LogP contribution in [0.3, 0.4) is 0 Å². The van der Waals surface area contributed by atoms with E-state index in [1.54, 1.807) is 0 Å². The maximum absolute atomic E-state index is 12.7. The van der Waals surface area contributed by atoms with E-state index in [1.165, 1.54) is 23.1 Å². The van der Waals surface area contributed by atoms with Crippen molar-refractivity contribution < 1.29 is 23.5 Å². The van der Waals surface area contributed by atoms with E-state index in [9.17, 15) is 23.5 Å². The second-order valence-corrected chi connectivity index (χ2v) is 5.41. The number of benzene rings is 1. The number of carboxylic acids is 1. The van der Waals surface area contributed by atoms with Crippen LogP contribution >= 0.6 is 0 Å². The number of nitrogens with zero attached hydrogens (tertiary/aromatic N) is 1. The van der Waals surface area contributed by atoms with E-state index >= 15 is 0 Å². The van der Waals surface area contributed by atoms with E-state index in [4.69, 9.17) is 0 Å². The maximum atomic E-state index is 12.7. The molecule has 1 fully saturated rings. The van der Waals surface area contributed by atoms with Crippen molar-refractivity contribution in [2.75, 3.05) is 6.54 Å². The second-order valence-electron chi connectivity index (χ2n) is 5.41. The van der Waals surface area contributed by atoms with Gasteiger partial charge in [0, 0.05) is 17.7 Å². The van der Waals surface area contributed by atoms with Crippen LogP contribution in [0.15, 0.2) is 24.3 Å². The summed E-state index contributed by atoms with van der Waals surface area (Å²) >= 11 is 0. The molecule has 0 radical (unpaired) electrons. The van der Waals surface area contributed by atoms with Gasteiger partial charge in [-0.1, -0.05) is 19.1 Å². The molecule has 6 heteroatoms. The molecule has 114 valence electrons. The summed E-state index contributed by atoms with van der Waals surface area (Å²) in [5, 5.41) is 9.25. The minimum atomic E-state index is -2.66. The van der Waals surface area contributed by atoms with E-state index < -0.39 is 24.3 Å². The largest absolute Gasteiger partial charge is 0.480 e. The van der Waals surface area contributed by atoms with Crippen molar-refractivity contribution in [3.05, 3.63) is 35.4 Å². The summed E-state index contributed by atoms with van der Waals surface area (Å²) in [6, 6.07) is 4.30. The fraction of sp³-hybridized carbons (Fsp3) is 0.467. The fourth-order valence-electron chi connectivity index (χ4n) is 2.59. The Balaban J connectivity index is 2.25. The molecule has 1 aliphatic rings. The number of hydrogen-bond acceptors (Lipinski definition) is 2. The van der Waals surface area contributed by atoms with Crippen LogP contribution in [0.5, 0.6) is 0 Å². The zero-order valence-electron chi connectivity index (χ0n) is 11.6. The zero-order chi connectivity index (χ0) is 15.6. The molecule has 2 unspecified atom stereocenters. The van der Waals surface area contributed by atoms with Crippen LogP contribution in [0.25, 0.3) is 0 Å². The summed E-state index contributed by atoms with van der Waals surface area (Å²) in [7, 11) is 0. The highest BCUT2D eigenvalue weighted by Crippen LogP contribution is 2.26. The molecule has 2 rings (SSSR count). The Bertz CT molecular complexity index is 547. The van der Waals surface area contributed by atoms with Crippen LogP contribution in [0.2, 0.25) is 0 Å². The summed E-state index contributed by atoms with van der Waals surface area (Å²) in [6.45, 7) is 2.27. The molecular formula is C15H17F2NO3. The van der Waals surface area contributed by atoms with Gasteiger partial charge in [-0.15, -0.1) is 0 Å². The Morgan fingerprint density at radius 2 is 2.10 bits per heavy atom. The Morgan fingerprint density at radius 1 is 1.38 bits per heavy atom. The van der Waals surface area contributed by atoms with E-state index in [-0.39, 0.29) is 17.0 Å². The molecular weight excluding hydrogens is 280 g/mol. The SMILES string of the molecule is CC1CCN(C(=O)c2cccc(C(F)F)c2)C(C(=O)O)C1. The van der Waals surface area contributed by atoms with Crippen LogP contribution in [-0.4, -0.2) is 34.5 Å². The van der Waals surface area contributed by atoms with Crippen molar-refractivity contribution in [1.29, 1.82) is 0 Å². The molecule has 2 atom stereocenters. The van der Waals surface area contributed by atoms with Gasteiger partial charge in [-0.05, 0) is 30.9 Å². The third-order valence-electron chi connectivity index (χ3n) is 3.80. The van der Waals surface area contributed by atoms with Crippen molar-refractivity contribution in [3.8, 4) is 0 Å². The number of carbonyl (C=O) groups excluding carboxylic acids is 1. The summed E-state index contributed by atoms with van der Waals surface area (Å²) in [4.78, 5) is 25.0. The number of hydrogen-bond donors (Lipinski definition) is 1. The monoisotopic (exact) mass is 297 g/mol. The first-order valence-corrected chi connectivity index (χ1v) is 6.82. The normalized spacial score (nSPS) is 22.4. The highest BCUT2D eigenvalue weighted by molar-refractivity contribution is 5.96. The van der Waals surface area contributed by atoms with Gasteiger partial charge in [0.05, 0.1) is 0 Å². The minimum Gasteiger partial charge on any atom is -0.480 e. The van der Waals surface area contributed by atoms with Gasteiger partial charge < -0.3 is 10.0 Å². The fourth-order valence-corrected chi connectivity index (χ4v) is 2.59. The van der Waals surface area contributed by atoms with E-state index in [2.05, 4.69) is 0 Å². The number of alkyl halides is 2. The van der Waals surface area contributed by atoms with E-state index in [0.29, 0.717) is 19.4 Å².